The van der Waals surface area contributed by atoms with Gasteiger partial charge < -0.3 is 14.5 Å². The molecule has 0 fully saturated rings. The Morgan fingerprint density at radius 2 is 2.16 bits per heavy atom. The van der Waals surface area contributed by atoms with E-state index in [9.17, 15) is 0 Å². The Labute approximate surface area is 114 Å². The standard InChI is InChI=1S/C16H21NO2/c1-4-17-15(11-13-6-5-9-19-13)14-10-12(2)7-8-16(14)18-3/h5-10,15,17H,4,11H2,1-3H3. The van der Waals surface area contributed by atoms with Crippen molar-refractivity contribution in [3.05, 3.63) is 53.5 Å². The van der Waals surface area contributed by atoms with E-state index in [1.807, 2.05) is 18.2 Å². The van der Waals surface area contributed by atoms with Crippen LogP contribution in [0.15, 0.2) is 41.0 Å². The fraction of sp³-hybridized carbons (Fsp3) is 0.375. The van der Waals surface area contributed by atoms with Crippen LogP contribution in [-0.4, -0.2) is 13.7 Å². The smallest absolute Gasteiger partial charge is 0.123 e. The largest absolute Gasteiger partial charge is 0.496 e. The first-order chi connectivity index (χ1) is 9.24. The second-order valence-corrected chi connectivity index (χ2v) is 4.64. The van der Waals surface area contributed by atoms with Crippen LogP contribution in [-0.2, 0) is 6.42 Å². The lowest BCUT2D eigenvalue weighted by Crippen LogP contribution is -2.23. The van der Waals surface area contributed by atoms with Crippen molar-refractivity contribution in [1.82, 2.24) is 5.32 Å². The third-order valence-electron chi connectivity index (χ3n) is 3.20. The van der Waals surface area contributed by atoms with Crippen molar-refractivity contribution in [2.45, 2.75) is 26.3 Å². The summed E-state index contributed by atoms with van der Waals surface area (Å²) in [7, 11) is 1.71. The molecule has 0 saturated carbocycles. The number of benzene rings is 1. The average Bonchev–Trinajstić information content (AvgIpc) is 2.91. The molecule has 2 rings (SSSR count). The van der Waals surface area contributed by atoms with E-state index >= 15 is 0 Å². The number of furan rings is 1. The first-order valence-electron chi connectivity index (χ1n) is 6.65. The van der Waals surface area contributed by atoms with E-state index < -0.39 is 0 Å². The van der Waals surface area contributed by atoms with Gasteiger partial charge in [-0.25, -0.2) is 0 Å². The highest BCUT2D eigenvalue weighted by molar-refractivity contribution is 5.39. The van der Waals surface area contributed by atoms with E-state index in [1.165, 1.54) is 11.1 Å². The number of hydrogen-bond acceptors (Lipinski definition) is 3. The first-order valence-corrected chi connectivity index (χ1v) is 6.65. The number of aryl methyl sites for hydroxylation is 1. The second-order valence-electron chi connectivity index (χ2n) is 4.64. The van der Waals surface area contributed by atoms with E-state index in [-0.39, 0.29) is 6.04 Å². The molecule has 1 unspecified atom stereocenters. The summed E-state index contributed by atoms with van der Waals surface area (Å²) in [6.45, 7) is 5.11. The first kappa shape index (κ1) is 13.7. The minimum Gasteiger partial charge on any atom is -0.496 e. The molecule has 0 aliphatic carbocycles. The quantitative estimate of drug-likeness (QED) is 0.862. The van der Waals surface area contributed by atoms with Crippen molar-refractivity contribution >= 4 is 0 Å². The molecular weight excluding hydrogens is 238 g/mol. The zero-order valence-electron chi connectivity index (χ0n) is 11.8. The summed E-state index contributed by atoms with van der Waals surface area (Å²) in [5, 5.41) is 3.50. The van der Waals surface area contributed by atoms with Crippen molar-refractivity contribution in [3.63, 3.8) is 0 Å². The fourth-order valence-corrected chi connectivity index (χ4v) is 2.29. The number of rotatable bonds is 6. The molecule has 0 saturated heterocycles. The molecule has 3 heteroatoms. The van der Waals surface area contributed by atoms with Gasteiger partial charge in [0.15, 0.2) is 0 Å². The molecule has 0 aliphatic heterocycles. The van der Waals surface area contributed by atoms with E-state index in [1.54, 1.807) is 13.4 Å². The molecule has 1 N–H and O–H groups in total. The van der Waals surface area contributed by atoms with Gasteiger partial charge in [-0.1, -0.05) is 24.6 Å². The maximum Gasteiger partial charge on any atom is 0.123 e. The lowest BCUT2D eigenvalue weighted by atomic mass is 9.99. The number of likely N-dealkylation sites (N-methyl/N-ethyl adjacent to an activating group) is 1. The van der Waals surface area contributed by atoms with Crippen molar-refractivity contribution in [3.8, 4) is 5.75 Å². The number of methoxy groups -OCH3 is 1. The SMILES string of the molecule is CCNC(Cc1ccco1)c1cc(C)ccc1OC. The Bertz CT molecular complexity index is 505. The highest BCUT2D eigenvalue weighted by Gasteiger charge is 2.17. The molecule has 3 nitrogen and oxygen atoms in total. The van der Waals surface area contributed by atoms with Crippen LogP contribution in [0.4, 0.5) is 0 Å². The molecular formula is C16H21NO2. The number of nitrogens with one attached hydrogen (secondary N) is 1. The maximum atomic E-state index is 5.48. The van der Waals surface area contributed by atoms with Crippen LogP contribution in [0.3, 0.4) is 0 Å². The van der Waals surface area contributed by atoms with Crippen molar-refractivity contribution in [2.75, 3.05) is 13.7 Å². The molecule has 102 valence electrons. The molecule has 19 heavy (non-hydrogen) atoms. The van der Waals surface area contributed by atoms with Gasteiger partial charge in [0.1, 0.15) is 11.5 Å². The summed E-state index contributed by atoms with van der Waals surface area (Å²) < 4.78 is 10.9. The number of ether oxygens (including phenoxy) is 1. The average molecular weight is 259 g/mol. The minimum absolute atomic E-state index is 0.200. The highest BCUT2D eigenvalue weighted by atomic mass is 16.5. The van der Waals surface area contributed by atoms with Gasteiger partial charge in [0.25, 0.3) is 0 Å². The summed E-state index contributed by atoms with van der Waals surface area (Å²) in [6.07, 6.45) is 2.53. The van der Waals surface area contributed by atoms with Crippen molar-refractivity contribution < 1.29 is 9.15 Å². The minimum atomic E-state index is 0.200. The van der Waals surface area contributed by atoms with Gasteiger partial charge in [0, 0.05) is 18.0 Å². The van der Waals surface area contributed by atoms with E-state index in [4.69, 9.17) is 9.15 Å². The lowest BCUT2D eigenvalue weighted by Gasteiger charge is -2.20. The molecule has 0 radical (unpaired) electrons. The molecule has 0 spiro atoms. The topological polar surface area (TPSA) is 34.4 Å². The molecule has 2 aromatic rings. The van der Waals surface area contributed by atoms with E-state index in [0.717, 1.165) is 24.5 Å². The predicted octanol–water partition coefficient (Wildman–Crippen LogP) is 3.49. The van der Waals surface area contributed by atoms with Crippen LogP contribution in [0, 0.1) is 6.92 Å². The molecule has 1 atom stereocenters. The highest BCUT2D eigenvalue weighted by Crippen LogP contribution is 2.28. The number of hydrogen-bond donors (Lipinski definition) is 1. The van der Waals surface area contributed by atoms with Gasteiger partial charge in [0.05, 0.1) is 13.4 Å². The van der Waals surface area contributed by atoms with Crippen LogP contribution in [0.2, 0.25) is 0 Å². The summed E-state index contributed by atoms with van der Waals surface area (Å²) in [4.78, 5) is 0. The normalized spacial score (nSPS) is 12.4. The maximum absolute atomic E-state index is 5.48. The second kappa shape index (κ2) is 6.43. The molecule has 0 aliphatic rings. The monoisotopic (exact) mass is 259 g/mol. The van der Waals surface area contributed by atoms with Gasteiger partial charge in [0.2, 0.25) is 0 Å². The molecule has 1 aromatic heterocycles. The van der Waals surface area contributed by atoms with Crippen molar-refractivity contribution in [1.29, 1.82) is 0 Å². The van der Waals surface area contributed by atoms with Crippen molar-refractivity contribution in [2.24, 2.45) is 0 Å². The van der Waals surface area contributed by atoms with Gasteiger partial charge in [-0.15, -0.1) is 0 Å². The van der Waals surface area contributed by atoms with E-state index in [2.05, 4.69) is 31.3 Å². The van der Waals surface area contributed by atoms with Gasteiger partial charge in [-0.05, 0) is 31.7 Å². The zero-order valence-corrected chi connectivity index (χ0v) is 11.8. The Morgan fingerprint density at radius 3 is 2.79 bits per heavy atom. The van der Waals surface area contributed by atoms with Gasteiger partial charge in [-0.3, -0.25) is 0 Å². The molecule has 1 aromatic carbocycles. The molecule has 0 bridgehead atoms. The third kappa shape index (κ3) is 3.38. The Kier molecular flexibility index (Phi) is 4.63. The lowest BCUT2D eigenvalue weighted by molar-refractivity contribution is 0.393. The summed E-state index contributed by atoms with van der Waals surface area (Å²) in [6, 6.07) is 10.4. The van der Waals surface area contributed by atoms with Gasteiger partial charge >= 0.3 is 0 Å². The Hall–Kier alpha value is -1.74. The predicted molar refractivity (Wildman–Crippen MR) is 76.6 cm³/mol. The van der Waals surface area contributed by atoms with Crippen LogP contribution in [0.25, 0.3) is 0 Å². The molecule has 1 heterocycles. The summed E-state index contributed by atoms with van der Waals surface area (Å²) in [5.74, 6) is 1.90. The van der Waals surface area contributed by atoms with Crippen LogP contribution in [0.1, 0.15) is 29.9 Å². The Morgan fingerprint density at radius 1 is 1.32 bits per heavy atom. The molecule has 0 amide bonds. The zero-order chi connectivity index (χ0) is 13.7. The van der Waals surface area contributed by atoms with Crippen LogP contribution in [0.5, 0.6) is 5.75 Å². The van der Waals surface area contributed by atoms with Crippen LogP contribution >= 0.6 is 0 Å². The van der Waals surface area contributed by atoms with E-state index in [0.29, 0.717) is 0 Å². The summed E-state index contributed by atoms with van der Waals surface area (Å²) >= 11 is 0. The Balaban J connectivity index is 2.29. The van der Waals surface area contributed by atoms with Crippen LogP contribution < -0.4 is 10.1 Å². The van der Waals surface area contributed by atoms with Gasteiger partial charge in [-0.2, -0.15) is 0 Å². The summed E-state index contributed by atoms with van der Waals surface area (Å²) in [5.41, 5.74) is 2.42. The third-order valence-corrected chi connectivity index (χ3v) is 3.20. The fourth-order valence-electron chi connectivity index (χ4n) is 2.29.